The first-order chi connectivity index (χ1) is 7.83. The van der Waals surface area contributed by atoms with Gasteiger partial charge in [0.25, 0.3) is 0 Å². The van der Waals surface area contributed by atoms with Crippen molar-refractivity contribution in [2.45, 2.75) is 27.7 Å². The van der Waals surface area contributed by atoms with Gasteiger partial charge in [-0.3, -0.25) is 0 Å². The van der Waals surface area contributed by atoms with Crippen LogP contribution in [0.25, 0.3) is 0 Å². The summed E-state index contributed by atoms with van der Waals surface area (Å²) in [5, 5.41) is 3.73. The number of benzene rings is 1. The lowest BCUT2D eigenvalue weighted by molar-refractivity contribution is 0.318. The zero-order valence-corrected chi connectivity index (χ0v) is 11.8. The number of likely N-dealkylation sites (N-methyl/N-ethyl adjacent to an activating group) is 1. The maximum Gasteiger partial charge on any atom is 0.119 e. The van der Waals surface area contributed by atoms with Crippen molar-refractivity contribution >= 4 is 11.6 Å². The van der Waals surface area contributed by atoms with Gasteiger partial charge in [0.2, 0.25) is 0 Å². The van der Waals surface area contributed by atoms with Crippen LogP contribution in [0.1, 0.15) is 27.7 Å². The molecule has 0 saturated carbocycles. The quantitative estimate of drug-likeness (QED) is 0.810. The minimum atomic E-state index is 0.679. The molecule has 1 N–H and O–H groups in total. The van der Waals surface area contributed by atoms with Gasteiger partial charge >= 0.3 is 0 Å². The van der Waals surface area contributed by atoms with E-state index in [9.17, 15) is 0 Å². The molecule has 0 atom stereocenters. The Morgan fingerprint density at radius 1 is 1.06 bits per heavy atom. The van der Waals surface area contributed by atoms with Crippen molar-refractivity contribution in [3.63, 3.8) is 0 Å². The van der Waals surface area contributed by atoms with Gasteiger partial charge in [-0.05, 0) is 31.3 Å². The van der Waals surface area contributed by atoms with Crippen LogP contribution in [0.4, 0.5) is 0 Å². The first-order valence-electron chi connectivity index (χ1n) is 5.86. The SMILES string of the molecule is CC.CC.CNCCOc1ccc(Cl)cc1. The molecule has 0 radical (unpaired) electrons. The van der Waals surface area contributed by atoms with Gasteiger partial charge in [0.05, 0.1) is 0 Å². The average Bonchev–Trinajstić information content (AvgIpc) is 2.37. The smallest absolute Gasteiger partial charge is 0.119 e. The van der Waals surface area contributed by atoms with E-state index in [1.807, 2.05) is 59.0 Å². The predicted octanol–water partition coefficient (Wildman–Crippen LogP) is 3.99. The highest BCUT2D eigenvalue weighted by Crippen LogP contribution is 2.14. The van der Waals surface area contributed by atoms with Crippen molar-refractivity contribution in [1.29, 1.82) is 0 Å². The first-order valence-corrected chi connectivity index (χ1v) is 6.23. The fourth-order valence-electron chi connectivity index (χ4n) is 0.802. The van der Waals surface area contributed by atoms with Crippen LogP contribution in [0.2, 0.25) is 5.02 Å². The first kappa shape index (κ1) is 17.7. The summed E-state index contributed by atoms with van der Waals surface area (Å²) >= 11 is 5.71. The van der Waals surface area contributed by atoms with E-state index >= 15 is 0 Å². The standard InChI is InChI=1S/C9H12ClNO.2C2H6/c1-11-6-7-12-9-4-2-8(10)3-5-9;2*1-2/h2-5,11H,6-7H2,1H3;2*1-2H3. The number of hydrogen-bond acceptors (Lipinski definition) is 2. The summed E-state index contributed by atoms with van der Waals surface area (Å²) in [5.74, 6) is 0.856. The van der Waals surface area contributed by atoms with Gasteiger partial charge in [-0.15, -0.1) is 0 Å². The maximum absolute atomic E-state index is 5.71. The molecule has 0 aromatic heterocycles. The van der Waals surface area contributed by atoms with Crippen molar-refractivity contribution < 1.29 is 4.74 Å². The van der Waals surface area contributed by atoms with E-state index in [4.69, 9.17) is 16.3 Å². The second kappa shape index (κ2) is 14.3. The fourth-order valence-corrected chi connectivity index (χ4v) is 0.928. The molecule has 1 aromatic rings. The van der Waals surface area contributed by atoms with Gasteiger partial charge in [0, 0.05) is 11.6 Å². The van der Waals surface area contributed by atoms with E-state index in [1.165, 1.54) is 0 Å². The Bertz CT molecular complexity index is 224. The molecule has 0 aliphatic heterocycles. The molecule has 0 heterocycles. The summed E-state index contributed by atoms with van der Waals surface area (Å²) in [6, 6.07) is 7.35. The lowest BCUT2D eigenvalue weighted by Crippen LogP contribution is -2.15. The summed E-state index contributed by atoms with van der Waals surface area (Å²) < 4.78 is 5.38. The molecule has 0 saturated heterocycles. The van der Waals surface area contributed by atoms with Gasteiger partial charge in [-0.2, -0.15) is 0 Å². The Morgan fingerprint density at radius 2 is 1.56 bits per heavy atom. The zero-order valence-electron chi connectivity index (χ0n) is 11.0. The molecule has 0 aliphatic carbocycles. The molecule has 0 spiro atoms. The summed E-state index contributed by atoms with van der Waals surface area (Å²) in [4.78, 5) is 0. The monoisotopic (exact) mass is 245 g/mol. The van der Waals surface area contributed by atoms with E-state index < -0.39 is 0 Å². The van der Waals surface area contributed by atoms with Crippen molar-refractivity contribution in [3.8, 4) is 5.75 Å². The zero-order chi connectivity index (χ0) is 12.8. The average molecular weight is 246 g/mol. The largest absolute Gasteiger partial charge is 0.492 e. The van der Waals surface area contributed by atoms with Gasteiger partial charge in [0.1, 0.15) is 12.4 Å². The highest BCUT2D eigenvalue weighted by Gasteiger charge is 1.91. The Balaban J connectivity index is 0. The normalized spacial score (nSPS) is 8.12. The molecule has 2 nitrogen and oxygen atoms in total. The van der Waals surface area contributed by atoms with Crippen LogP contribution < -0.4 is 10.1 Å². The molecule has 16 heavy (non-hydrogen) atoms. The van der Waals surface area contributed by atoms with Crippen molar-refractivity contribution in [2.24, 2.45) is 0 Å². The number of halogens is 1. The van der Waals surface area contributed by atoms with Gasteiger partial charge in [-0.25, -0.2) is 0 Å². The molecule has 1 aromatic carbocycles. The van der Waals surface area contributed by atoms with Crippen LogP contribution >= 0.6 is 11.6 Å². The number of ether oxygens (including phenoxy) is 1. The lowest BCUT2D eigenvalue weighted by Gasteiger charge is -2.04. The molecular weight excluding hydrogens is 222 g/mol. The number of nitrogens with one attached hydrogen (secondary N) is 1. The second-order valence-corrected chi connectivity index (χ2v) is 2.84. The summed E-state index contributed by atoms with van der Waals surface area (Å²) in [6.07, 6.45) is 0. The molecule has 0 fully saturated rings. The van der Waals surface area contributed by atoms with E-state index in [2.05, 4.69) is 5.32 Å². The molecule has 94 valence electrons. The minimum absolute atomic E-state index is 0.679. The summed E-state index contributed by atoms with van der Waals surface area (Å²) in [5.41, 5.74) is 0. The second-order valence-electron chi connectivity index (χ2n) is 2.41. The number of hydrogen-bond donors (Lipinski definition) is 1. The van der Waals surface area contributed by atoms with Crippen molar-refractivity contribution in [1.82, 2.24) is 5.32 Å². The molecule has 1 rings (SSSR count). The lowest BCUT2D eigenvalue weighted by atomic mass is 10.3. The van der Waals surface area contributed by atoms with E-state index in [0.29, 0.717) is 6.61 Å². The summed E-state index contributed by atoms with van der Waals surface area (Å²) in [7, 11) is 1.89. The minimum Gasteiger partial charge on any atom is -0.492 e. The Morgan fingerprint density at radius 3 is 2.00 bits per heavy atom. The van der Waals surface area contributed by atoms with Gasteiger partial charge < -0.3 is 10.1 Å². The van der Waals surface area contributed by atoms with Gasteiger partial charge in [-0.1, -0.05) is 39.3 Å². The van der Waals surface area contributed by atoms with Crippen molar-refractivity contribution in [2.75, 3.05) is 20.2 Å². The maximum atomic E-state index is 5.71. The van der Waals surface area contributed by atoms with E-state index in [0.717, 1.165) is 17.3 Å². The Labute approximate surface area is 105 Å². The third-order valence-corrected chi connectivity index (χ3v) is 1.69. The molecule has 0 aliphatic rings. The highest BCUT2D eigenvalue weighted by molar-refractivity contribution is 6.30. The topological polar surface area (TPSA) is 21.3 Å². The van der Waals surface area contributed by atoms with Gasteiger partial charge in [0.15, 0.2) is 0 Å². The van der Waals surface area contributed by atoms with E-state index in [-0.39, 0.29) is 0 Å². The Hall–Kier alpha value is -0.730. The molecule has 0 amide bonds. The van der Waals surface area contributed by atoms with Crippen LogP contribution in [-0.2, 0) is 0 Å². The van der Waals surface area contributed by atoms with Crippen LogP contribution in [0.15, 0.2) is 24.3 Å². The van der Waals surface area contributed by atoms with Crippen LogP contribution in [-0.4, -0.2) is 20.2 Å². The molecule has 3 heteroatoms. The Kier molecular flexibility index (Phi) is 15.7. The fraction of sp³-hybridized carbons (Fsp3) is 0.538. The molecule has 0 bridgehead atoms. The van der Waals surface area contributed by atoms with E-state index in [1.54, 1.807) is 0 Å². The summed E-state index contributed by atoms with van der Waals surface area (Å²) in [6.45, 7) is 9.53. The third kappa shape index (κ3) is 9.81. The van der Waals surface area contributed by atoms with Crippen LogP contribution in [0, 0.1) is 0 Å². The molecule has 0 unspecified atom stereocenters. The predicted molar refractivity (Wildman–Crippen MR) is 73.6 cm³/mol. The van der Waals surface area contributed by atoms with Crippen LogP contribution in [0.5, 0.6) is 5.75 Å². The number of rotatable bonds is 4. The van der Waals surface area contributed by atoms with Crippen LogP contribution in [0.3, 0.4) is 0 Å². The van der Waals surface area contributed by atoms with Crippen molar-refractivity contribution in [3.05, 3.63) is 29.3 Å². The third-order valence-electron chi connectivity index (χ3n) is 1.43. The molecular formula is C13H24ClNO. The highest BCUT2D eigenvalue weighted by atomic mass is 35.5.